The second-order valence-electron chi connectivity index (χ2n) is 5.99. The Hall–Kier alpha value is -2.97. The molecule has 2 aromatic carbocycles. The first kappa shape index (κ1) is 20.3. The summed E-state index contributed by atoms with van der Waals surface area (Å²) in [7, 11) is 0. The van der Waals surface area contributed by atoms with E-state index in [2.05, 4.69) is 10.6 Å². The Labute approximate surface area is 164 Å². The summed E-state index contributed by atoms with van der Waals surface area (Å²) in [6, 6.07) is 14.4. The zero-order valence-electron chi connectivity index (χ0n) is 15.5. The molecule has 27 heavy (non-hydrogen) atoms. The van der Waals surface area contributed by atoms with E-state index in [0.717, 1.165) is 16.9 Å². The molecule has 0 fully saturated rings. The Bertz CT molecular complexity index is 870. The zero-order chi connectivity index (χ0) is 19.8. The third kappa shape index (κ3) is 5.77. The summed E-state index contributed by atoms with van der Waals surface area (Å²) >= 11 is 5.83. The van der Waals surface area contributed by atoms with Crippen molar-refractivity contribution in [3.63, 3.8) is 0 Å². The van der Waals surface area contributed by atoms with Crippen LogP contribution in [0.5, 0.6) is 5.75 Å². The van der Waals surface area contributed by atoms with Gasteiger partial charge >= 0.3 is 0 Å². The smallest absolute Gasteiger partial charge is 0.267 e. The number of benzene rings is 2. The van der Waals surface area contributed by atoms with Crippen molar-refractivity contribution < 1.29 is 9.53 Å². The van der Waals surface area contributed by atoms with Crippen LogP contribution in [0.4, 0.5) is 5.69 Å². The minimum Gasteiger partial charge on any atom is -0.494 e. The summed E-state index contributed by atoms with van der Waals surface area (Å²) in [5.41, 5.74) is 2.61. The van der Waals surface area contributed by atoms with Gasteiger partial charge in [-0.2, -0.15) is 5.26 Å². The first-order valence-electron chi connectivity index (χ1n) is 8.61. The van der Waals surface area contributed by atoms with Crippen LogP contribution in [0.25, 0.3) is 0 Å². The van der Waals surface area contributed by atoms with E-state index in [-0.39, 0.29) is 11.6 Å². The van der Waals surface area contributed by atoms with E-state index in [1.54, 1.807) is 24.3 Å². The van der Waals surface area contributed by atoms with Crippen molar-refractivity contribution in [2.24, 2.45) is 0 Å². The Balaban J connectivity index is 2.12. The molecule has 2 rings (SSSR count). The molecular formula is C21H22ClN3O2. The van der Waals surface area contributed by atoms with E-state index in [0.29, 0.717) is 17.3 Å². The van der Waals surface area contributed by atoms with Gasteiger partial charge in [-0.1, -0.05) is 29.3 Å². The lowest BCUT2D eigenvalue weighted by Crippen LogP contribution is -2.19. The van der Waals surface area contributed by atoms with Gasteiger partial charge in [0.25, 0.3) is 5.91 Å². The third-order valence-electron chi connectivity index (χ3n) is 3.88. The number of hydrogen-bond donors (Lipinski definition) is 2. The van der Waals surface area contributed by atoms with Crippen LogP contribution in [0.15, 0.2) is 54.2 Å². The molecular weight excluding hydrogens is 362 g/mol. The number of carbonyl (C=O) groups excluding carboxylic acids is 1. The monoisotopic (exact) mass is 383 g/mol. The van der Waals surface area contributed by atoms with Gasteiger partial charge in [-0.05, 0) is 51.1 Å². The highest BCUT2D eigenvalue weighted by Crippen LogP contribution is 2.26. The highest BCUT2D eigenvalue weighted by molar-refractivity contribution is 6.30. The maximum Gasteiger partial charge on any atom is 0.267 e. The van der Waals surface area contributed by atoms with Gasteiger partial charge in [0, 0.05) is 22.5 Å². The van der Waals surface area contributed by atoms with Gasteiger partial charge in [-0.15, -0.1) is 0 Å². The first-order chi connectivity index (χ1) is 12.9. The number of anilines is 1. The van der Waals surface area contributed by atoms with Crippen molar-refractivity contribution in [3.8, 4) is 11.8 Å². The number of hydrogen-bond acceptors (Lipinski definition) is 4. The zero-order valence-corrected chi connectivity index (χ0v) is 16.3. The summed E-state index contributed by atoms with van der Waals surface area (Å²) in [5, 5.41) is 15.7. The minimum atomic E-state index is -0.492. The van der Waals surface area contributed by atoms with Crippen LogP contribution in [0, 0.1) is 18.3 Å². The van der Waals surface area contributed by atoms with Crippen LogP contribution in [-0.4, -0.2) is 12.5 Å². The lowest BCUT2D eigenvalue weighted by atomic mass is 10.0. The lowest BCUT2D eigenvalue weighted by Gasteiger charge is -2.18. The molecule has 1 unspecified atom stereocenters. The van der Waals surface area contributed by atoms with Gasteiger partial charge < -0.3 is 15.4 Å². The van der Waals surface area contributed by atoms with Gasteiger partial charge in [-0.3, -0.25) is 4.79 Å². The van der Waals surface area contributed by atoms with Gasteiger partial charge in [0.05, 0.1) is 12.6 Å². The largest absolute Gasteiger partial charge is 0.494 e. The number of nitrogens with one attached hydrogen (secondary N) is 2. The van der Waals surface area contributed by atoms with Gasteiger partial charge in [0.2, 0.25) is 0 Å². The number of halogens is 1. The molecule has 0 saturated carbocycles. The summed E-state index contributed by atoms with van der Waals surface area (Å²) in [6.07, 6.45) is 1.42. The van der Waals surface area contributed by atoms with E-state index in [4.69, 9.17) is 16.3 Å². The molecule has 0 aliphatic rings. The third-order valence-corrected chi connectivity index (χ3v) is 4.13. The Morgan fingerprint density at radius 1 is 1.30 bits per heavy atom. The molecule has 140 valence electrons. The Kier molecular flexibility index (Phi) is 7.27. The molecule has 0 aliphatic carbocycles. The first-order valence-corrected chi connectivity index (χ1v) is 8.99. The maximum atomic E-state index is 12.3. The van der Waals surface area contributed by atoms with Crippen LogP contribution in [0.2, 0.25) is 5.02 Å². The van der Waals surface area contributed by atoms with Crippen molar-refractivity contribution in [1.29, 1.82) is 5.26 Å². The highest BCUT2D eigenvalue weighted by Gasteiger charge is 2.13. The van der Waals surface area contributed by atoms with Crippen molar-refractivity contribution in [1.82, 2.24) is 5.32 Å². The minimum absolute atomic E-state index is 0.0255. The summed E-state index contributed by atoms with van der Waals surface area (Å²) < 4.78 is 5.67. The SMILES string of the molecule is CCOc1ccc(C)cc1C(C)N/C=C(/C#N)C(=O)Nc1ccc(Cl)cc1. The summed E-state index contributed by atoms with van der Waals surface area (Å²) in [6.45, 7) is 6.43. The van der Waals surface area contributed by atoms with Crippen molar-refractivity contribution in [2.45, 2.75) is 26.8 Å². The number of amides is 1. The highest BCUT2D eigenvalue weighted by atomic mass is 35.5. The molecule has 1 amide bonds. The summed E-state index contributed by atoms with van der Waals surface area (Å²) in [4.78, 5) is 12.3. The topological polar surface area (TPSA) is 74.1 Å². The molecule has 1 atom stereocenters. The quantitative estimate of drug-likeness (QED) is 0.534. The van der Waals surface area contributed by atoms with Crippen LogP contribution < -0.4 is 15.4 Å². The van der Waals surface area contributed by atoms with E-state index < -0.39 is 5.91 Å². The van der Waals surface area contributed by atoms with Gasteiger partial charge in [0.1, 0.15) is 17.4 Å². The molecule has 0 heterocycles. The molecule has 0 aliphatic heterocycles. The Morgan fingerprint density at radius 3 is 2.63 bits per heavy atom. The van der Waals surface area contributed by atoms with Crippen molar-refractivity contribution in [3.05, 3.63) is 70.4 Å². The predicted molar refractivity (Wildman–Crippen MR) is 108 cm³/mol. The molecule has 2 N–H and O–H groups in total. The average Bonchev–Trinajstić information content (AvgIpc) is 2.65. The van der Waals surface area contributed by atoms with Crippen molar-refractivity contribution >= 4 is 23.2 Å². The fraction of sp³-hybridized carbons (Fsp3) is 0.238. The molecule has 0 aromatic heterocycles. The van der Waals surface area contributed by atoms with E-state index in [1.165, 1.54) is 6.20 Å². The fourth-order valence-electron chi connectivity index (χ4n) is 2.47. The van der Waals surface area contributed by atoms with Crippen molar-refractivity contribution in [2.75, 3.05) is 11.9 Å². The van der Waals surface area contributed by atoms with E-state index in [9.17, 15) is 10.1 Å². The van der Waals surface area contributed by atoms with Crippen LogP contribution in [-0.2, 0) is 4.79 Å². The molecule has 0 bridgehead atoms. The van der Waals surface area contributed by atoms with Gasteiger partial charge in [-0.25, -0.2) is 0 Å². The maximum absolute atomic E-state index is 12.3. The fourth-order valence-corrected chi connectivity index (χ4v) is 2.60. The normalized spacial score (nSPS) is 12.0. The number of nitriles is 1. The predicted octanol–water partition coefficient (Wildman–Crippen LogP) is 4.74. The Morgan fingerprint density at radius 2 is 2.00 bits per heavy atom. The molecule has 5 nitrogen and oxygen atoms in total. The lowest BCUT2D eigenvalue weighted by molar-refractivity contribution is -0.112. The van der Waals surface area contributed by atoms with Crippen LogP contribution in [0.1, 0.15) is 31.0 Å². The van der Waals surface area contributed by atoms with Crippen LogP contribution >= 0.6 is 11.6 Å². The van der Waals surface area contributed by atoms with Gasteiger partial charge in [0.15, 0.2) is 0 Å². The second-order valence-corrected chi connectivity index (χ2v) is 6.43. The van der Waals surface area contributed by atoms with E-state index >= 15 is 0 Å². The molecule has 0 saturated heterocycles. The second kappa shape index (κ2) is 9.65. The summed E-state index contributed by atoms with van der Waals surface area (Å²) in [5.74, 6) is 0.286. The molecule has 0 spiro atoms. The number of aryl methyl sites for hydroxylation is 1. The molecule has 2 aromatic rings. The molecule has 6 heteroatoms. The number of ether oxygens (including phenoxy) is 1. The molecule has 0 radical (unpaired) electrons. The number of nitrogens with zero attached hydrogens (tertiary/aromatic N) is 1. The van der Waals surface area contributed by atoms with E-state index in [1.807, 2.05) is 45.0 Å². The number of carbonyl (C=O) groups is 1. The standard InChI is InChI=1S/C21H22ClN3O2/c1-4-27-20-10-5-14(2)11-19(20)15(3)24-13-16(12-23)21(26)25-18-8-6-17(22)7-9-18/h5-11,13,15,24H,4H2,1-3H3,(H,25,26)/b16-13-. The van der Waals surface area contributed by atoms with Crippen LogP contribution in [0.3, 0.4) is 0 Å². The average molecular weight is 384 g/mol. The number of rotatable bonds is 7.